The van der Waals surface area contributed by atoms with Gasteiger partial charge in [-0.3, -0.25) is 4.79 Å². The fourth-order valence-corrected chi connectivity index (χ4v) is 4.37. The zero-order valence-corrected chi connectivity index (χ0v) is 22.6. The summed E-state index contributed by atoms with van der Waals surface area (Å²) in [5, 5.41) is 5.45. The Bertz CT molecular complexity index is 1540. The number of methoxy groups -OCH3 is 2. The van der Waals surface area contributed by atoms with Crippen molar-refractivity contribution in [1.29, 1.82) is 0 Å². The van der Waals surface area contributed by atoms with Crippen LogP contribution >= 0.6 is 11.6 Å². The first-order valence-electron chi connectivity index (χ1n) is 12.0. The van der Waals surface area contributed by atoms with E-state index in [1.165, 1.54) is 10.9 Å². The monoisotopic (exact) mass is 519 g/mol. The van der Waals surface area contributed by atoms with Crippen molar-refractivity contribution in [3.63, 3.8) is 0 Å². The molecule has 1 heterocycles. The van der Waals surface area contributed by atoms with E-state index < -0.39 is 0 Å². The zero-order valence-electron chi connectivity index (χ0n) is 21.8. The molecule has 0 aliphatic rings. The number of benzene rings is 3. The second-order valence-electron chi connectivity index (χ2n) is 8.84. The summed E-state index contributed by atoms with van der Waals surface area (Å²) < 4.78 is 17.9. The molecule has 8 heteroatoms. The summed E-state index contributed by atoms with van der Waals surface area (Å²) in [5.74, 6) is 2.46. The fraction of sp³-hybridized carbons (Fsp3) is 0.276. The number of para-hydroxylation sites is 1. The number of fused-ring (bicyclic) bond motifs is 1. The quantitative estimate of drug-likeness (QED) is 0.250. The van der Waals surface area contributed by atoms with Crippen LogP contribution in [0, 0.1) is 6.92 Å². The van der Waals surface area contributed by atoms with Crippen LogP contribution in [-0.2, 0) is 0 Å². The Labute approximate surface area is 221 Å². The van der Waals surface area contributed by atoms with E-state index in [-0.39, 0.29) is 11.5 Å². The molecule has 192 valence electrons. The van der Waals surface area contributed by atoms with Gasteiger partial charge >= 0.3 is 0 Å². The van der Waals surface area contributed by atoms with Gasteiger partial charge in [0.2, 0.25) is 0 Å². The lowest BCUT2D eigenvalue weighted by Gasteiger charge is -2.18. The second kappa shape index (κ2) is 11.0. The van der Waals surface area contributed by atoms with Crippen LogP contribution in [0.25, 0.3) is 22.3 Å². The number of ether oxygens (including phenoxy) is 3. The molecule has 0 bridgehead atoms. The number of aryl methyl sites for hydroxylation is 1. The van der Waals surface area contributed by atoms with Gasteiger partial charge in [0.15, 0.2) is 17.3 Å². The summed E-state index contributed by atoms with van der Waals surface area (Å²) in [6.45, 7) is 8.71. The molecule has 0 aliphatic carbocycles. The molecule has 0 saturated carbocycles. The molecule has 3 aromatic carbocycles. The van der Waals surface area contributed by atoms with E-state index in [9.17, 15) is 4.79 Å². The highest BCUT2D eigenvalue weighted by atomic mass is 35.5. The third kappa shape index (κ3) is 5.18. The summed E-state index contributed by atoms with van der Waals surface area (Å²) in [4.78, 5) is 18.5. The third-order valence-corrected chi connectivity index (χ3v) is 6.42. The van der Waals surface area contributed by atoms with Crippen molar-refractivity contribution >= 4 is 28.7 Å². The molecule has 0 atom stereocenters. The highest BCUT2D eigenvalue weighted by molar-refractivity contribution is 6.33. The van der Waals surface area contributed by atoms with Crippen molar-refractivity contribution in [3.8, 4) is 28.6 Å². The van der Waals surface area contributed by atoms with Crippen LogP contribution in [0.4, 0.5) is 0 Å². The van der Waals surface area contributed by atoms with Crippen molar-refractivity contribution in [2.24, 2.45) is 5.10 Å². The van der Waals surface area contributed by atoms with Crippen LogP contribution in [-0.4, -0.2) is 36.7 Å². The molecule has 0 saturated heterocycles. The molecule has 1 aromatic heterocycles. The fourth-order valence-electron chi connectivity index (χ4n) is 4.16. The van der Waals surface area contributed by atoms with E-state index in [1.807, 2.05) is 44.2 Å². The number of hydrogen-bond acceptors (Lipinski definition) is 6. The summed E-state index contributed by atoms with van der Waals surface area (Å²) >= 11 is 6.48. The maximum absolute atomic E-state index is 13.7. The van der Waals surface area contributed by atoms with Gasteiger partial charge in [0, 0.05) is 17.2 Å². The highest BCUT2D eigenvalue weighted by Gasteiger charge is 2.19. The van der Waals surface area contributed by atoms with Gasteiger partial charge in [-0.1, -0.05) is 37.6 Å². The van der Waals surface area contributed by atoms with E-state index in [4.69, 9.17) is 30.8 Å². The van der Waals surface area contributed by atoms with Crippen molar-refractivity contribution < 1.29 is 14.2 Å². The third-order valence-electron chi connectivity index (χ3n) is 6.09. The van der Waals surface area contributed by atoms with Crippen LogP contribution in [0.3, 0.4) is 0 Å². The van der Waals surface area contributed by atoms with Gasteiger partial charge in [-0.25, -0.2) is 4.98 Å². The number of rotatable bonds is 8. The van der Waals surface area contributed by atoms with E-state index in [0.717, 1.165) is 22.4 Å². The topological polar surface area (TPSA) is 74.9 Å². The lowest BCUT2D eigenvalue weighted by atomic mass is 9.96. The predicted octanol–water partition coefficient (Wildman–Crippen LogP) is 6.45. The standard InChI is InChI=1S/C29H30ClN3O4/c1-7-37-25-12-18(4)22(14-21(25)17(2)3)28-32-24-11-9-8-10-20(24)29(34)33(28)31-16-19-13-26(35-5)27(36-6)15-23(19)30/h8-17H,7H2,1-6H3. The van der Waals surface area contributed by atoms with Crippen LogP contribution in [0.2, 0.25) is 5.02 Å². The number of aromatic nitrogens is 2. The molecule has 0 fully saturated rings. The van der Waals surface area contributed by atoms with Gasteiger partial charge < -0.3 is 14.2 Å². The Morgan fingerprint density at radius 2 is 1.76 bits per heavy atom. The number of halogens is 1. The molecule has 0 radical (unpaired) electrons. The highest BCUT2D eigenvalue weighted by Crippen LogP contribution is 2.35. The molecule has 0 amide bonds. The van der Waals surface area contributed by atoms with Gasteiger partial charge in [0.1, 0.15) is 5.75 Å². The molecule has 37 heavy (non-hydrogen) atoms. The first kappa shape index (κ1) is 26.2. The van der Waals surface area contributed by atoms with Crippen LogP contribution in [0.1, 0.15) is 43.4 Å². The maximum Gasteiger partial charge on any atom is 0.282 e. The van der Waals surface area contributed by atoms with E-state index in [2.05, 4.69) is 18.9 Å². The lowest BCUT2D eigenvalue weighted by molar-refractivity contribution is 0.335. The average molecular weight is 520 g/mol. The molecule has 4 aromatic rings. The SMILES string of the molecule is CCOc1cc(C)c(-c2nc3ccccc3c(=O)n2N=Cc2cc(OC)c(OC)cc2Cl)cc1C(C)C. The molecule has 0 unspecified atom stereocenters. The normalized spacial score (nSPS) is 11.5. The summed E-state index contributed by atoms with van der Waals surface area (Å²) in [7, 11) is 3.09. The Morgan fingerprint density at radius 3 is 2.43 bits per heavy atom. The molecule has 7 nitrogen and oxygen atoms in total. The van der Waals surface area contributed by atoms with Gasteiger partial charge in [-0.05, 0) is 61.2 Å². The van der Waals surface area contributed by atoms with E-state index in [0.29, 0.717) is 45.4 Å². The van der Waals surface area contributed by atoms with Gasteiger partial charge in [-0.15, -0.1) is 0 Å². The Kier molecular flexibility index (Phi) is 7.83. The molecular formula is C29H30ClN3O4. The Balaban J connectivity index is 1.97. The van der Waals surface area contributed by atoms with Crippen LogP contribution in [0.5, 0.6) is 17.2 Å². The Morgan fingerprint density at radius 1 is 1.05 bits per heavy atom. The van der Waals surface area contributed by atoms with Crippen molar-refractivity contribution in [2.45, 2.75) is 33.6 Å². The van der Waals surface area contributed by atoms with Crippen molar-refractivity contribution in [3.05, 3.63) is 80.6 Å². The summed E-state index contributed by atoms with van der Waals surface area (Å²) in [5.41, 5.74) is 3.62. The van der Waals surface area contributed by atoms with Gasteiger partial charge in [-0.2, -0.15) is 9.78 Å². The van der Waals surface area contributed by atoms with Crippen LogP contribution in [0.15, 0.2) is 58.4 Å². The minimum Gasteiger partial charge on any atom is -0.494 e. The minimum absolute atomic E-state index is 0.204. The molecule has 0 spiro atoms. The Hall–Kier alpha value is -3.84. The minimum atomic E-state index is -0.284. The first-order valence-corrected chi connectivity index (χ1v) is 12.4. The molecule has 4 rings (SSSR count). The lowest BCUT2D eigenvalue weighted by Crippen LogP contribution is -2.21. The van der Waals surface area contributed by atoms with Gasteiger partial charge in [0.05, 0.1) is 43.0 Å². The van der Waals surface area contributed by atoms with E-state index >= 15 is 0 Å². The zero-order chi connectivity index (χ0) is 26.7. The van der Waals surface area contributed by atoms with Gasteiger partial charge in [0.25, 0.3) is 5.56 Å². The number of hydrogen-bond donors (Lipinski definition) is 0. The first-order chi connectivity index (χ1) is 17.8. The summed E-state index contributed by atoms with van der Waals surface area (Å²) in [6, 6.07) is 14.6. The smallest absolute Gasteiger partial charge is 0.282 e. The molecule has 0 aliphatic heterocycles. The van der Waals surface area contributed by atoms with Crippen molar-refractivity contribution in [1.82, 2.24) is 9.66 Å². The maximum atomic E-state index is 13.7. The molecular weight excluding hydrogens is 490 g/mol. The molecule has 0 N–H and O–H groups in total. The van der Waals surface area contributed by atoms with E-state index in [1.54, 1.807) is 32.4 Å². The summed E-state index contributed by atoms with van der Waals surface area (Å²) in [6.07, 6.45) is 1.53. The van der Waals surface area contributed by atoms with Crippen LogP contribution < -0.4 is 19.8 Å². The average Bonchev–Trinajstić information content (AvgIpc) is 2.88. The second-order valence-corrected chi connectivity index (χ2v) is 9.24. The largest absolute Gasteiger partial charge is 0.494 e. The van der Waals surface area contributed by atoms with Crippen molar-refractivity contribution in [2.75, 3.05) is 20.8 Å². The number of nitrogens with zero attached hydrogens (tertiary/aromatic N) is 3. The predicted molar refractivity (Wildman–Crippen MR) is 149 cm³/mol.